The smallest absolute Gasteiger partial charge is 0.383 e. The van der Waals surface area contributed by atoms with E-state index in [9.17, 15) is 23.2 Å². The monoisotopic (exact) mass is 391 g/mol. The Labute approximate surface area is 156 Å². The molecule has 0 spiro atoms. The first-order chi connectivity index (χ1) is 12.7. The molecule has 1 aromatic carbocycles. The Balaban J connectivity index is 2.19. The Bertz CT molecular complexity index is 976. The number of halogens is 3. The molecular formula is C17H12F3N5OS. The van der Waals surface area contributed by atoms with Crippen molar-refractivity contribution in [3.8, 4) is 12.1 Å². The summed E-state index contributed by atoms with van der Waals surface area (Å²) in [5.41, 5.74) is 4.84. The normalized spacial score (nSPS) is 10.7. The highest BCUT2D eigenvalue weighted by atomic mass is 32.2. The van der Waals surface area contributed by atoms with Crippen LogP contribution >= 0.6 is 11.8 Å². The minimum atomic E-state index is -4.61. The van der Waals surface area contributed by atoms with Crippen LogP contribution in [0.25, 0.3) is 0 Å². The lowest BCUT2D eigenvalue weighted by Crippen LogP contribution is -2.18. The summed E-state index contributed by atoms with van der Waals surface area (Å²) in [6, 6.07) is 8.35. The summed E-state index contributed by atoms with van der Waals surface area (Å²) in [6.45, 7) is 1.53. The quantitative estimate of drug-likeness (QED) is 0.771. The molecule has 0 atom stereocenters. The van der Waals surface area contributed by atoms with Gasteiger partial charge < -0.3 is 11.1 Å². The number of nitrogens with two attached hydrogens (primary N) is 1. The number of carbonyl (C=O) groups excluding carboxylic acids is 1. The highest BCUT2D eigenvalue weighted by molar-refractivity contribution is 8.00. The van der Waals surface area contributed by atoms with Gasteiger partial charge >= 0.3 is 6.18 Å². The summed E-state index contributed by atoms with van der Waals surface area (Å²) in [7, 11) is 0. The maximum atomic E-state index is 13.0. The molecule has 0 aliphatic rings. The lowest BCUT2D eigenvalue weighted by Gasteiger charge is -2.13. The average Bonchev–Trinajstić information content (AvgIpc) is 2.59. The molecule has 27 heavy (non-hydrogen) atoms. The number of anilines is 2. The number of benzene rings is 1. The maximum absolute atomic E-state index is 13.0. The number of thioether (sulfide) groups is 1. The SMILES string of the molecule is Cc1c(C#N)c(N)nc(SCC(=O)Nc2ccccc2C(F)(F)F)c1C#N. The number of pyridine rings is 1. The Morgan fingerprint density at radius 2 is 1.89 bits per heavy atom. The topological polar surface area (TPSA) is 116 Å². The van der Waals surface area contributed by atoms with Crippen molar-refractivity contribution in [3.05, 3.63) is 46.5 Å². The number of amides is 1. The first-order valence-corrected chi connectivity index (χ1v) is 8.36. The van der Waals surface area contributed by atoms with Crippen molar-refractivity contribution in [3.63, 3.8) is 0 Å². The fourth-order valence-corrected chi connectivity index (χ4v) is 3.08. The molecule has 2 aromatic rings. The summed E-state index contributed by atoms with van der Waals surface area (Å²) in [5.74, 6) is -1.08. The zero-order chi connectivity index (χ0) is 20.2. The summed E-state index contributed by atoms with van der Waals surface area (Å²) in [6.07, 6.45) is -4.61. The van der Waals surface area contributed by atoms with E-state index in [0.717, 1.165) is 23.9 Å². The van der Waals surface area contributed by atoms with E-state index in [4.69, 9.17) is 11.0 Å². The average molecular weight is 391 g/mol. The van der Waals surface area contributed by atoms with E-state index >= 15 is 0 Å². The van der Waals surface area contributed by atoms with E-state index in [-0.39, 0.29) is 33.4 Å². The van der Waals surface area contributed by atoms with Gasteiger partial charge in [0.2, 0.25) is 5.91 Å². The van der Waals surface area contributed by atoms with Gasteiger partial charge in [0.25, 0.3) is 0 Å². The third kappa shape index (κ3) is 4.49. The Morgan fingerprint density at radius 1 is 1.26 bits per heavy atom. The van der Waals surface area contributed by atoms with E-state index in [2.05, 4.69) is 10.3 Å². The van der Waals surface area contributed by atoms with Crippen molar-refractivity contribution < 1.29 is 18.0 Å². The molecule has 0 bridgehead atoms. The largest absolute Gasteiger partial charge is 0.418 e. The molecule has 0 saturated heterocycles. The standard InChI is InChI=1S/C17H12F3N5OS/c1-9-10(6-21)15(23)25-16(11(9)7-22)27-8-14(26)24-13-5-3-2-4-12(13)17(18,19)20/h2-5H,8H2,1H3,(H2,23,25)(H,24,26). The second-order valence-electron chi connectivity index (χ2n) is 5.28. The highest BCUT2D eigenvalue weighted by Gasteiger charge is 2.33. The predicted octanol–water partition coefficient (Wildman–Crippen LogP) is 3.47. The second-order valence-corrected chi connectivity index (χ2v) is 6.25. The summed E-state index contributed by atoms with van der Waals surface area (Å²) >= 11 is 0.844. The van der Waals surface area contributed by atoms with Gasteiger partial charge in [0.15, 0.2) is 0 Å². The molecule has 0 aliphatic heterocycles. The molecule has 3 N–H and O–H groups in total. The van der Waals surface area contributed by atoms with E-state index in [0.29, 0.717) is 5.56 Å². The molecule has 6 nitrogen and oxygen atoms in total. The van der Waals surface area contributed by atoms with Crippen molar-refractivity contribution in [1.82, 2.24) is 4.98 Å². The molecular weight excluding hydrogens is 379 g/mol. The van der Waals surface area contributed by atoms with Crippen molar-refractivity contribution in [2.45, 2.75) is 18.1 Å². The number of para-hydroxylation sites is 1. The van der Waals surface area contributed by atoms with Crippen LogP contribution in [0.1, 0.15) is 22.3 Å². The van der Waals surface area contributed by atoms with Crippen molar-refractivity contribution in [2.24, 2.45) is 0 Å². The lowest BCUT2D eigenvalue weighted by molar-refractivity contribution is -0.137. The number of nitrogens with zero attached hydrogens (tertiary/aromatic N) is 3. The van der Waals surface area contributed by atoms with Crippen LogP contribution in [-0.2, 0) is 11.0 Å². The molecule has 0 radical (unpaired) electrons. The van der Waals surface area contributed by atoms with Crippen molar-refractivity contribution >= 4 is 29.2 Å². The molecule has 10 heteroatoms. The first-order valence-electron chi connectivity index (χ1n) is 7.38. The number of rotatable bonds is 4. The Morgan fingerprint density at radius 3 is 2.48 bits per heavy atom. The van der Waals surface area contributed by atoms with Crippen molar-refractivity contribution in [2.75, 3.05) is 16.8 Å². The van der Waals surface area contributed by atoms with Crippen LogP contribution in [0.5, 0.6) is 0 Å². The van der Waals surface area contributed by atoms with Crippen LogP contribution in [0.15, 0.2) is 29.3 Å². The van der Waals surface area contributed by atoms with E-state index < -0.39 is 17.6 Å². The molecule has 0 aliphatic carbocycles. The van der Waals surface area contributed by atoms with Crippen LogP contribution < -0.4 is 11.1 Å². The number of hydrogen-bond acceptors (Lipinski definition) is 6. The summed E-state index contributed by atoms with van der Waals surface area (Å²) < 4.78 is 38.9. The third-order valence-corrected chi connectivity index (χ3v) is 4.49. The zero-order valence-electron chi connectivity index (χ0n) is 13.9. The summed E-state index contributed by atoms with van der Waals surface area (Å²) in [4.78, 5) is 16.0. The van der Waals surface area contributed by atoms with Gasteiger partial charge in [0.1, 0.15) is 23.0 Å². The maximum Gasteiger partial charge on any atom is 0.418 e. The Hall–Kier alpha value is -3.24. The van der Waals surface area contributed by atoms with Crippen LogP contribution in [0.3, 0.4) is 0 Å². The predicted molar refractivity (Wildman–Crippen MR) is 93.6 cm³/mol. The number of carbonyl (C=O) groups is 1. The molecule has 2 rings (SSSR count). The van der Waals surface area contributed by atoms with Gasteiger partial charge in [-0.05, 0) is 24.6 Å². The summed E-state index contributed by atoms with van der Waals surface area (Å²) in [5, 5.41) is 20.6. The highest BCUT2D eigenvalue weighted by Crippen LogP contribution is 2.35. The van der Waals surface area contributed by atoms with Crippen LogP contribution in [-0.4, -0.2) is 16.6 Å². The molecule has 0 unspecified atom stereocenters. The molecule has 0 saturated carbocycles. The van der Waals surface area contributed by atoms with Crippen molar-refractivity contribution in [1.29, 1.82) is 10.5 Å². The number of nitriles is 2. The number of aromatic nitrogens is 1. The van der Waals surface area contributed by atoms with E-state index in [1.807, 2.05) is 12.1 Å². The molecule has 1 heterocycles. The van der Waals surface area contributed by atoms with Gasteiger partial charge in [-0.25, -0.2) is 4.98 Å². The first kappa shape index (κ1) is 20.1. The number of nitrogens with one attached hydrogen (secondary N) is 1. The van der Waals surface area contributed by atoms with E-state index in [1.165, 1.54) is 19.1 Å². The molecule has 1 aromatic heterocycles. The number of nitrogen functional groups attached to an aromatic ring is 1. The molecule has 1 amide bonds. The van der Waals surface area contributed by atoms with E-state index in [1.54, 1.807) is 0 Å². The number of hydrogen-bond donors (Lipinski definition) is 2. The minimum Gasteiger partial charge on any atom is -0.383 e. The van der Waals surface area contributed by atoms with Gasteiger partial charge in [-0.3, -0.25) is 4.79 Å². The van der Waals surface area contributed by atoms with Gasteiger partial charge in [0.05, 0.1) is 28.1 Å². The lowest BCUT2D eigenvalue weighted by atomic mass is 10.1. The third-order valence-electron chi connectivity index (χ3n) is 3.51. The zero-order valence-corrected chi connectivity index (χ0v) is 14.7. The van der Waals surface area contributed by atoms with Gasteiger partial charge in [0, 0.05) is 0 Å². The fraction of sp³-hybridized carbons (Fsp3) is 0.176. The minimum absolute atomic E-state index is 0.0689. The molecule has 138 valence electrons. The Kier molecular flexibility index (Phi) is 5.93. The number of alkyl halides is 3. The second kappa shape index (κ2) is 7.98. The van der Waals surface area contributed by atoms with Gasteiger partial charge in [-0.2, -0.15) is 23.7 Å². The fourth-order valence-electron chi connectivity index (χ4n) is 2.24. The van der Waals surface area contributed by atoms with Gasteiger partial charge in [-0.1, -0.05) is 23.9 Å². The molecule has 0 fully saturated rings. The van der Waals surface area contributed by atoms with Crippen LogP contribution in [0.4, 0.5) is 24.7 Å². The van der Waals surface area contributed by atoms with Gasteiger partial charge in [-0.15, -0.1) is 0 Å². The van der Waals surface area contributed by atoms with Crippen LogP contribution in [0.2, 0.25) is 0 Å². The van der Waals surface area contributed by atoms with Crippen LogP contribution in [0, 0.1) is 29.6 Å².